The normalized spacial score (nSPS) is 15.8. The zero-order chi connectivity index (χ0) is 25.4. The van der Waals surface area contributed by atoms with Crippen LogP contribution in [-0.2, 0) is 4.74 Å². The Morgan fingerprint density at radius 2 is 1.91 bits per heavy atom. The molecular weight excluding hydrogens is 439 g/mol. The first-order chi connectivity index (χ1) is 16.7. The van der Waals surface area contributed by atoms with E-state index in [-0.39, 0.29) is 11.2 Å². The van der Waals surface area contributed by atoms with Crippen LogP contribution in [0.4, 0.5) is 4.39 Å². The van der Waals surface area contributed by atoms with E-state index in [4.69, 9.17) is 15.2 Å². The van der Waals surface area contributed by atoms with Gasteiger partial charge in [-0.15, -0.1) is 0 Å². The lowest BCUT2D eigenvalue weighted by molar-refractivity contribution is -0.120. The lowest BCUT2D eigenvalue weighted by Crippen LogP contribution is -2.44. The SMILES string of the molecule is C=C(/C=C\C(C)=C\CCC)CN=C(N)c1cc(-c2ccc(F)cc2)cc(OCC2(C)COC2)c1C. The van der Waals surface area contributed by atoms with Crippen LogP contribution in [0.1, 0.15) is 44.7 Å². The summed E-state index contributed by atoms with van der Waals surface area (Å²) in [7, 11) is 0. The number of ether oxygens (including phenoxy) is 2. The number of nitrogens with zero attached hydrogens (tertiary/aromatic N) is 1. The van der Waals surface area contributed by atoms with Gasteiger partial charge in [-0.25, -0.2) is 4.39 Å². The van der Waals surface area contributed by atoms with Crippen LogP contribution < -0.4 is 10.5 Å². The van der Waals surface area contributed by atoms with Gasteiger partial charge in [0.25, 0.3) is 0 Å². The van der Waals surface area contributed by atoms with E-state index >= 15 is 0 Å². The Morgan fingerprint density at radius 1 is 1.20 bits per heavy atom. The van der Waals surface area contributed by atoms with E-state index in [1.807, 2.05) is 25.1 Å². The van der Waals surface area contributed by atoms with Gasteiger partial charge in [-0.3, -0.25) is 4.99 Å². The summed E-state index contributed by atoms with van der Waals surface area (Å²) in [5.74, 6) is 0.883. The van der Waals surface area contributed by atoms with Gasteiger partial charge in [0.15, 0.2) is 0 Å². The van der Waals surface area contributed by atoms with Crippen LogP contribution in [0.2, 0.25) is 0 Å². The number of nitrogens with two attached hydrogens (primary N) is 1. The van der Waals surface area contributed by atoms with Crippen molar-refractivity contribution in [3.05, 3.63) is 89.3 Å². The lowest BCUT2D eigenvalue weighted by Gasteiger charge is -2.37. The first-order valence-corrected chi connectivity index (χ1v) is 12.1. The van der Waals surface area contributed by atoms with Gasteiger partial charge in [0.2, 0.25) is 0 Å². The first-order valence-electron chi connectivity index (χ1n) is 12.1. The Morgan fingerprint density at radius 3 is 2.54 bits per heavy atom. The molecule has 5 heteroatoms. The fraction of sp³-hybridized carbons (Fsp3) is 0.367. The zero-order valence-electron chi connectivity index (χ0n) is 21.4. The third-order valence-electron chi connectivity index (χ3n) is 6.08. The molecule has 1 heterocycles. The maximum absolute atomic E-state index is 13.5. The molecule has 186 valence electrons. The summed E-state index contributed by atoms with van der Waals surface area (Å²) in [6.07, 6.45) is 8.44. The minimum Gasteiger partial charge on any atom is -0.493 e. The van der Waals surface area contributed by atoms with Crippen molar-refractivity contribution in [2.75, 3.05) is 26.4 Å². The number of aliphatic imine (C=N–C) groups is 1. The molecule has 35 heavy (non-hydrogen) atoms. The van der Waals surface area contributed by atoms with Gasteiger partial charge in [0.05, 0.1) is 26.4 Å². The molecule has 0 radical (unpaired) electrons. The molecule has 0 spiro atoms. The number of unbranched alkanes of at least 4 members (excludes halogenated alkanes) is 1. The van der Waals surface area contributed by atoms with Gasteiger partial charge < -0.3 is 15.2 Å². The van der Waals surface area contributed by atoms with Gasteiger partial charge in [-0.1, -0.05) is 62.8 Å². The maximum atomic E-state index is 13.5. The highest BCUT2D eigenvalue weighted by molar-refractivity contribution is 6.00. The maximum Gasteiger partial charge on any atom is 0.126 e. The molecule has 1 fully saturated rings. The average molecular weight is 477 g/mol. The predicted octanol–water partition coefficient (Wildman–Crippen LogP) is 6.78. The Hall–Kier alpha value is -3.18. The van der Waals surface area contributed by atoms with Gasteiger partial charge in [0.1, 0.15) is 17.4 Å². The summed E-state index contributed by atoms with van der Waals surface area (Å²) in [6.45, 7) is 14.8. The summed E-state index contributed by atoms with van der Waals surface area (Å²) in [5.41, 5.74) is 12.0. The van der Waals surface area contributed by atoms with Crippen molar-refractivity contribution in [1.29, 1.82) is 0 Å². The second kappa shape index (κ2) is 12.0. The van der Waals surface area contributed by atoms with Crippen molar-refractivity contribution in [1.82, 2.24) is 0 Å². The van der Waals surface area contributed by atoms with Crippen molar-refractivity contribution < 1.29 is 13.9 Å². The molecule has 0 saturated carbocycles. The number of rotatable bonds is 11. The van der Waals surface area contributed by atoms with Crippen molar-refractivity contribution in [2.24, 2.45) is 16.1 Å². The quantitative estimate of drug-likeness (QED) is 0.221. The molecule has 2 aromatic rings. The molecule has 1 aliphatic heterocycles. The molecule has 0 aliphatic carbocycles. The minimum atomic E-state index is -0.275. The molecule has 0 bridgehead atoms. The number of hydrogen-bond acceptors (Lipinski definition) is 3. The second-order valence-corrected chi connectivity index (χ2v) is 9.68. The van der Waals surface area contributed by atoms with Crippen molar-refractivity contribution in [3.63, 3.8) is 0 Å². The molecule has 3 rings (SSSR count). The molecule has 0 aromatic heterocycles. The van der Waals surface area contributed by atoms with Crippen molar-refractivity contribution in [2.45, 2.75) is 40.5 Å². The van der Waals surface area contributed by atoms with E-state index in [9.17, 15) is 4.39 Å². The average Bonchev–Trinajstić information content (AvgIpc) is 2.83. The van der Waals surface area contributed by atoms with E-state index in [0.717, 1.165) is 46.4 Å². The summed E-state index contributed by atoms with van der Waals surface area (Å²) in [4.78, 5) is 4.61. The summed E-state index contributed by atoms with van der Waals surface area (Å²) in [5, 5.41) is 0. The molecule has 1 aliphatic rings. The highest BCUT2D eigenvalue weighted by Gasteiger charge is 2.34. The molecule has 1 saturated heterocycles. The third kappa shape index (κ3) is 7.40. The van der Waals surface area contributed by atoms with Crippen LogP contribution in [0, 0.1) is 18.2 Å². The first kappa shape index (κ1) is 26.4. The van der Waals surface area contributed by atoms with Crippen molar-refractivity contribution in [3.8, 4) is 16.9 Å². The fourth-order valence-corrected chi connectivity index (χ4v) is 3.71. The zero-order valence-corrected chi connectivity index (χ0v) is 21.4. The largest absolute Gasteiger partial charge is 0.493 e. The van der Waals surface area contributed by atoms with Crippen LogP contribution >= 0.6 is 0 Å². The Balaban J connectivity index is 1.86. The molecule has 2 aromatic carbocycles. The second-order valence-electron chi connectivity index (χ2n) is 9.68. The monoisotopic (exact) mass is 476 g/mol. The van der Waals surface area contributed by atoms with Crippen LogP contribution in [-0.4, -0.2) is 32.2 Å². The number of benzene rings is 2. The number of halogens is 1. The van der Waals surface area contributed by atoms with E-state index in [0.29, 0.717) is 32.2 Å². The van der Waals surface area contributed by atoms with Gasteiger partial charge in [-0.05, 0) is 61.2 Å². The summed E-state index contributed by atoms with van der Waals surface area (Å²) < 4.78 is 25.1. The van der Waals surface area contributed by atoms with Crippen LogP contribution in [0.3, 0.4) is 0 Å². The fourth-order valence-electron chi connectivity index (χ4n) is 3.71. The number of allylic oxidation sites excluding steroid dienone is 3. The topological polar surface area (TPSA) is 56.8 Å². The Labute approximate surface area is 209 Å². The molecule has 0 amide bonds. The highest BCUT2D eigenvalue weighted by Crippen LogP contribution is 2.33. The molecule has 4 nitrogen and oxygen atoms in total. The van der Waals surface area contributed by atoms with E-state index in [1.54, 1.807) is 12.1 Å². The van der Waals surface area contributed by atoms with Gasteiger partial charge >= 0.3 is 0 Å². The molecule has 2 N–H and O–H groups in total. The summed E-state index contributed by atoms with van der Waals surface area (Å²) in [6, 6.07) is 10.4. The van der Waals surface area contributed by atoms with Crippen molar-refractivity contribution >= 4 is 5.84 Å². The third-order valence-corrected chi connectivity index (χ3v) is 6.08. The number of amidine groups is 1. The highest BCUT2D eigenvalue weighted by atomic mass is 19.1. The summed E-state index contributed by atoms with van der Waals surface area (Å²) >= 11 is 0. The van der Waals surface area contributed by atoms with Crippen LogP contribution in [0.25, 0.3) is 11.1 Å². The van der Waals surface area contributed by atoms with E-state index in [1.165, 1.54) is 17.7 Å². The van der Waals surface area contributed by atoms with E-state index in [2.05, 4.69) is 44.5 Å². The smallest absolute Gasteiger partial charge is 0.126 e. The van der Waals surface area contributed by atoms with E-state index < -0.39 is 0 Å². The Kier molecular flexibility index (Phi) is 9.05. The number of hydrogen-bond donors (Lipinski definition) is 1. The van der Waals surface area contributed by atoms with Crippen LogP contribution in [0.5, 0.6) is 5.75 Å². The van der Waals surface area contributed by atoms with Crippen LogP contribution in [0.15, 0.2) is 77.3 Å². The molecular formula is C30H37FN2O2. The minimum absolute atomic E-state index is 0.00585. The lowest BCUT2D eigenvalue weighted by atomic mass is 9.90. The molecule has 0 atom stereocenters. The van der Waals surface area contributed by atoms with Gasteiger partial charge in [0, 0.05) is 16.5 Å². The van der Waals surface area contributed by atoms with Gasteiger partial charge in [-0.2, -0.15) is 0 Å². The molecule has 0 unspecified atom stereocenters. The standard InChI is InChI=1S/C30H37FN2O2/c1-6-7-8-21(2)9-10-22(3)17-33-29(32)27-15-25(24-11-13-26(31)14-12-24)16-28(23(27)4)35-20-30(5)18-34-19-30/h8-16H,3,6-7,17-20H2,1-2,4-5H3,(H2,32,33)/b10-9-,21-8+. The predicted molar refractivity (Wildman–Crippen MR) is 144 cm³/mol. The Bertz CT molecular complexity index is 1130.